The molecule has 0 bridgehead atoms. The van der Waals surface area contributed by atoms with E-state index < -0.39 is 0 Å². The summed E-state index contributed by atoms with van der Waals surface area (Å²) in [5.74, 6) is 0. The molecule has 0 aliphatic heterocycles. The highest BCUT2D eigenvalue weighted by atomic mass is 35.5. The molecule has 0 atom stereocenters. The van der Waals surface area contributed by atoms with Gasteiger partial charge in [0.2, 0.25) is 0 Å². The fraction of sp³-hybridized carbons (Fsp3) is 0. The molecule has 0 saturated carbocycles. The minimum atomic E-state index is 0.507. The third kappa shape index (κ3) is 1.33. The van der Waals surface area contributed by atoms with E-state index in [9.17, 15) is 0 Å². The molecule has 2 aromatic heterocycles. The first-order chi connectivity index (χ1) is 5.88. The lowest BCUT2D eigenvalue weighted by atomic mass is 10.3. The summed E-state index contributed by atoms with van der Waals surface area (Å²) in [4.78, 5) is 8.11. The summed E-state index contributed by atoms with van der Waals surface area (Å²) in [6.07, 6.45) is 3.42. The fourth-order valence-corrected chi connectivity index (χ4v) is 1.83. The lowest BCUT2D eigenvalue weighted by Gasteiger charge is -1.96. The average molecular weight is 197 g/mol. The summed E-state index contributed by atoms with van der Waals surface area (Å²) in [5.41, 5.74) is 0.897. The summed E-state index contributed by atoms with van der Waals surface area (Å²) in [6, 6.07) is 3.76. The second-order valence-corrected chi connectivity index (χ2v) is 3.43. The lowest BCUT2D eigenvalue weighted by Crippen LogP contribution is -1.79. The molecular weight excluding hydrogens is 192 g/mol. The van der Waals surface area contributed by atoms with Gasteiger partial charge in [0.1, 0.15) is 10.2 Å². The van der Waals surface area contributed by atoms with Gasteiger partial charge in [-0.1, -0.05) is 11.6 Å². The second-order valence-electron chi connectivity index (χ2n) is 2.18. The topological polar surface area (TPSA) is 25.8 Å². The van der Waals surface area contributed by atoms with Crippen LogP contribution in [0.4, 0.5) is 0 Å². The molecule has 60 valence electrons. The summed E-state index contributed by atoms with van der Waals surface area (Å²) in [5, 5.41) is 3.33. The van der Waals surface area contributed by atoms with Gasteiger partial charge in [0, 0.05) is 23.3 Å². The first-order valence-electron chi connectivity index (χ1n) is 3.38. The van der Waals surface area contributed by atoms with Crippen molar-refractivity contribution in [3.63, 3.8) is 0 Å². The number of thiazole rings is 1. The first-order valence-corrected chi connectivity index (χ1v) is 4.64. The van der Waals surface area contributed by atoms with Crippen molar-refractivity contribution in [1.82, 2.24) is 9.97 Å². The van der Waals surface area contributed by atoms with Crippen LogP contribution in [0.15, 0.2) is 29.9 Å². The summed E-state index contributed by atoms with van der Waals surface area (Å²) in [7, 11) is 0. The van der Waals surface area contributed by atoms with E-state index in [-0.39, 0.29) is 0 Å². The Morgan fingerprint density at radius 2 is 2.17 bits per heavy atom. The van der Waals surface area contributed by atoms with Gasteiger partial charge >= 0.3 is 0 Å². The largest absolute Gasteiger partial charge is 0.244 e. The lowest BCUT2D eigenvalue weighted by molar-refractivity contribution is 1.31. The van der Waals surface area contributed by atoms with E-state index in [0.717, 1.165) is 10.6 Å². The molecule has 0 N–H and O–H groups in total. The van der Waals surface area contributed by atoms with E-state index in [2.05, 4.69) is 9.97 Å². The van der Waals surface area contributed by atoms with E-state index >= 15 is 0 Å². The van der Waals surface area contributed by atoms with Gasteiger partial charge in [0.05, 0.1) is 0 Å². The highest BCUT2D eigenvalue weighted by molar-refractivity contribution is 7.13. The smallest absolute Gasteiger partial charge is 0.139 e. The zero-order chi connectivity index (χ0) is 8.39. The van der Waals surface area contributed by atoms with Gasteiger partial charge in [-0.15, -0.1) is 11.3 Å². The van der Waals surface area contributed by atoms with Gasteiger partial charge in [-0.2, -0.15) is 0 Å². The van der Waals surface area contributed by atoms with E-state index in [4.69, 9.17) is 11.6 Å². The predicted molar refractivity (Wildman–Crippen MR) is 50.4 cm³/mol. The van der Waals surface area contributed by atoms with Crippen LogP contribution in [0, 0.1) is 0 Å². The molecule has 4 heteroatoms. The Labute approximate surface area is 78.9 Å². The number of halogens is 1. The van der Waals surface area contributed by atoms with Crippen LogP contribution in [0.1, 0.15) is 0 Å². The maximum atomic E-state index is 5.87. The Kier molecular flexibility index (Phi) is 2.06. The molecule has 2 aromatic rings. The molecule has 0 spiro atoms. The quantitative estimate of drug-likeness (QED) is 0.656. The van der Waals surface area contributed by atoms with Crippen molar-refractivity contribution in [2.24, 2.45) is 0 Å². The molecule has 0 unspecified atom stereocenters. The zero-order valence-corrected chi connectivity index (χ0v) is 7.64. The van der Waals surface area contributed by atoms with Crippen molar-refractivity contribution in [3.05, 3.63) is 35.1 Å². The molecule has 2 nitrogen and oxygen atoms in total. The van der Waals surface area contributed by atoms with Crippen LogP contribution in [-0.2, 0) is 0 Å². The van der Waals surface area contributed by atoms with Crippen molar-refractivity contribution in [1.29, 1.82) is 0 Å². The maximum Gasteiger partial charge on any atom is 0.139 e. The molecular formula is C8H5ClN2S. The molecule has 2 heterocycles. The Bertz CT molecular complexity index is 372. The number of pyridine rings is 1. The van der Waals surface area contributed by atoms with Gasteiger partial charge in [0.15, 0.2) is 0 Å². The summed E-state index contributed by atoms with van der Waals surface area (Å²) in [6.45, 7) is 0. The molecule has 0 amide bonds. The molecule has 0 radical (unpaired) electrons. The maximum absolute atomic E-state index is 5.87. The zero-order valence-electron chi connectivity index (χ0n) is 6.07. The molecule has 0 aliphatic rings. The van der Waals surface area contributed by atoms with E-state index in [1.807, 2.05) is 17.5 Å². The molecule has 12 heavy (non-hydrogen) atoms. The second kappa shape index (κ2) is 3.21. The van der Waals surface area contributed by atoms with Crippen molar-refractivity contribution < 1.29 is 0 Å². The van der Waals surface area contributed by atoms with E-state index in [0.29, 0.717) is 5.15 Å². The van der Waals surface area contributed by atoms with Crippen LogP contribution in [0.3, 0.4) is 0 Å². The predicted octanol–water partition coefficient (Wildman–Crippen LogP) is 2.86. The minimum absolute atomic E-state index is 0.507. The highest BCUT2D eigenvalue weighted by Gasteiger charge is 2.04. The van der Waals surface area contributed by atoms with Gasteiger partial charge in [-0.3, -0.25) is 0 Å². The summed E-state index contributed by atoms with van der Waals surface area (Å²) >= 11 is 7.43. The highest BCUT2D eigenvalue weighted by Crippen LogP contribution is 2.26. The standard InChI is InChI=1S/C8H5ClN2S/c9-7-6(2-1-3-10-7)8-11-4-5-12-8/h1-5H. The van der Waals surface area contributed by atoms with E-state index in [1.165, 1.54) is 0 Å². The average Bonchev–Trinajstić information content (AvgIpc) is 2.57. The van der Waals surface area contributed by atoms with Crippen molar-refractivity contribution >= 4 is 22.9 Å². The Balaban J connectivity index is 2.55. The number of rotatable bonds is 1. The molecule has 0 aromatic carbocycles. The summed E-state index contributed by atoms with van der Waals surface area (Å²) < 4.78 is 0. The number of hydrogen-bond acceptors (Lipinski definition) is 3. The molecule has 2 rings (SSSR count). The van der Waals surface area contributed by atoms with E-state index in [1.54, 1.807) is 23.7 Å². The normalized spacial score (nSPS) is 10.1. The van der Waals surface area contributed by atoms with Gasteiger partial charge in [0.25, 0.3) is 0 Å². The van der Waals surface area contributed by atoms with Crippen LogP contribution >= 0.6 is 22.9 Å². The molecule has 0 aliphatic carbocycles. The van der Waals surface area contributed by atoms with Crippen LogP contribution in [0.5, 0.6) is 0 Å². The third-order valence-corrected chi connectivity index (χ3v) is 2.53. The van der Waals surface area contributed by atoms with Gasteiger partial charge in [-0.25, -0.2) is 9.97 Å². The molecule has 0 fully saturated rings. The first kappa shape index (κ1) is 7.71. The third-order valence-electron chi connectivity index (χ3n) is 1.42. The van der Waals surface area contributed by atoms with Crippen LogP contribution in [-0.4, -0.2) is 9.97 Å². The number of aromatic nitrogens is 2. The Hall–Kier alpha value is -0.930. The number of hydrogen-bond donors (Lipinski definition) is 0. The Morgan fingerprint density at radius 1 is 1.25 bits per heavy atom. The molecule has 0 saturated heterocycles. The van der Waals surface area contributed by atoms with Gasteiger partial charge < -0.3 is 0 Å². The SMILES string of the molecule is Clc1ncccc1-c1nccs1. The van der Waals surface area contributed by atoms with Gasteiger partial charge in [-0.05, 0) is 12.1 Å². The van der Waals surface area contributed by atoms with Crippen LogP contribution < -0.4 is 0 Å². The van der Waals surface area contributed by atoms with Crippen molar-refractivity contribution in [2.75, 3.05) is 0 Å². The number of nitrogens with zero attached hydrogens (tertiary/aromatic N) is 2. The van der Waals surface area contributed by atoms with Crippen molar-refractivity contribution in [3.8, 4) is 10.6 Å². The van der Waals surface area contributed by atoms with Crippen LogP contribution in [0.25, 0.3) is 10.6 Å². The fourth-order valence-electron chi connectivity index (χ4n) is 0.902. The Morgan fingerprint density at radius 3 is 2.83 bits per heavy atom. The van der Waals surface area contributed by atoms with Crippen LogP contribution in [0.2, 0.25) is 5.15 Å². The van der Waals surface area contributed by atoms with Crippen molar-refractivity contribution in [2.45, 2.75) is 0 Å². The minimum Gasteiger partial charge on any atom is -0.244 e. The monoisotopic (exact) mass is 196 g/mol.